The van der Waals surface area contributed by atoms with Gasteiger partial charge in [0.25, 0.3) is 0 Å². The van der Waals surface area contributed by atoms with Crippen molar-refractivity contribution in [2.45, 2.75) is 33.1 Å². The minimum atomic E-state index is -0.320. The Labute approximate surface area is 109 Å². The average molecular weight is 244 g/mol. The summed E-state index contributed by atoms with van der Waals surface area (Å²) in [6, 6.07) is 0. The van der Waals surface area contributed by atoms with Crippen molar-refractivity contribution in [1.29, 1.82) is 0 Å². The first-order valence-electron chi connectivity index (χ1n) is 6.48. The van der Waals surface area contributed by atoms with Crippen LogP contribution in [0, 0.1) is 0 Å². The van der Waals surface area contributed by atoms with E-state index >= 15 is 0 Å². The number of ether oxygens (including phenoxy) is 1. The second-order valence-corrected chi connectivity index (χ2v) is 3.68. The van der Waals surface area contributed by atoms with Crippen molar-refractivity contribution in [3.63, 3.8) is 0 Å². The fraction of sp³-hybridized carbons (Fsp3) is 0.312. The molecule has 0 aromatic rings. The maximum absolute atomic E-state index is 11.4. The molecule has 0 spiro atoms. The molecule has 0 amide bonds. The summed E-state index contributed by atoms with van der Waals surface area (Å²) < 4.78 is 5.15. The molecule has 2 heteroatoms. The second kappa shape index (κ2) is 8.29. The van der Waals surface area contributed by atoms with E-state index in [1.807, 2.05) is 38.2 Å². The molecule has 18 heavy (non-hydrogen) atoms. The predicted molar refractivity (Wildman–Crippen MR) is 74.9 cm³/mol. The molecular formula is C16H20O2. The van der Waals surface area contributed by atoms with Gasteiger partial charge in [0, 0.05) is 6.08 Å². The highest BCUT2D eigenvalue weighted by molar-refractivity contribution is 5.83. The normalized spacial score (nSPS) is 17.0. The van der Waals surface area contributed by atoms with Gasteiger partial charge in [-0.15, -0.1) is 0 Å². The van der Waals surface area contributed by atoms with Crippen LogP contribution in [0.25, 0.3) is 0 Å². The molecule has 0 radical (unpaired) electrons. The van der Waals surface area contributed by atoms with E-state index in [9.17, 15) is 4.79 Å². The molecule has 2 aliphatic rings. The summed E-state index contributed by atoms with van der Waals surface area (Å²) >= 11 is 0. The molecule has 2 aliphatic carbocycles. The van der Waals surface area contributed by atoms with Crippen molar-refractivity contribution in [3.05, 3.63) is 59.9 Å². The van der Waals surface area contributed by atoms with E-state index in [1.165, 1.54) is 6.08 Å². The van der Waals surface area contributed by atoms with Gasteiger partial charge in [0.1, 0.15) is 5.76 Å². The first kappa shape index (κ1) is 14.2. The molecule has 96 valence electrons. The lowest BCUT2D eigenvalue weighted by Gasteiger charge is -2.05. The fourth-order valence-electron chi connectivity index (χ4n) is 1.58. The third kappa shape index (κ3) is 5.00. The summed E-state index contributed by atoms with van der Waals surface area (Å²) in [4.78, 5) is 11.4. The number of allylic oxidation sites excluding steroid dienone is 8. The van der Waals surface area contributed by atoms with Crippen LogP contribution in [0.5, 0.6) is 0 Å². The third-order valence-corrected chi connectivity index (χ3v) is 2.39. The molecule has 2 rings (SSSR count). The van der Waals surface area contributed by atoms with Crippen LogP contribution in [0.1, 0.15) is 33.1 Å². The Hall–Kier alpha value is -1.83. The van der Waals surface area contributed by atoms with E-state index in [0.717, 1.165) is 24.8 Å². The van der Waals surface area contributed by atoms with Gasteiger partial charge in [-0.3, -0.25) is 0 Å². The summed E-state index contributed by atoms with van der Waals surface area (Å²) in [5, 5.41) is 0. The first-order chi connectivity index (χ1) is 8.84. The summed E-state index contributed by atoms with van der Waals surface area (Å²) in [5.41, 5.74) is 1.06. The van der Waals surface area contributed by atoms with Gasteiger partial charge in [0.05, 0.1) is 0 Å². The zero-order valence-electron chi connectivity index (χ0n) is 11.1. The van der Waals surface area contributed by atoms with Gasteiger partial charge >= 0.3 is 5.97 Å². The average Bonchev–Trinajstić information content (AvgIpc) is 2.93. The second-order valence-electron chi connectivity index (χ2n) is 3.68. The molecule has 0 atom stereocenters. The Kier molecular flexibility index (Phi) is 6.55. The highest BCUT2D eigenvalue weighted by atomic mass is 16.5. The van der Waals surface area contributed by atoms with Crippen molar-refractivity contribution in [2.75, 3.05) is 0 Å². The van der Waals surface area contributed by atoms with Crippen LogP contribution in [0.3, 0.4) is 0 Å². The van der Waals surface area contributed by atoms with Crippen LogP contribution in [0.2, 0.25) is 0 Å². The molecule has 0 saturated heterocycles. The number of rotatable bonds is 3. The van der Waals surface area contributed by atoms with E-state index in [4.69, 9.17) is 4.74 Å². The summed E-state index contributed by atoms with van der Waals surface area (Å²) in [7, 11) is 0. The zero-order valence-corrected chi connectivity index (χ0v) is 11.1. The van der Waals surface area contributed by atoms with Gasteiger partial charge in [0.15, 0.2) is 0 Å². The lowest BCUT2D eigenvalue weighted by Crippen LogP contribution is -2.00. The molecule has 0 unspecified atom stereocenters. The van der Waals surface area contributed by atoms with Crippen LogP contribution in [0.15, 0.2) is 59.9 Å². The van der Waals surface area contributed by atoms with Gasteiger partial charge in [-0.1, -0.05) is 38.2 Å². The van der Waals surface area contributed by atoms with Crippen molar-refractivity contribution in [2.24, 2.45) is 0 Å². The fourth-order valence-corrected chi connectivity index (χ4v) is 1.58. The molecule has 0 aromatic carbocycles. The van der Waals surface area contributed by atoms with Gasteiger partial charge in [-0.05, 0) is 43.1 Å². The maximum atomic E-state index is 11.4. The van der Waals surface area contributed by atoms with E-state index in [1.54, 1.807) is 6.08 Å². The molecule has 2 nitrogen and oxygen atoms in total. The number of carbonyl (C=O) groups is 1. The summed E-state index contributed by atoms with van der Waals surface area (Å²) in [6.07, 6.45) is 18.0. The minimum absolute atomic E-state index is 0.320. The van der Waals surface area contributed by atoms with E-state index in [0.29, 0.717) is 5.76 Å². The number of carbonyl (C=O) groups excluding carboxylic acids is 1. The van der Waals surface area contributed by atoms with Crippen LogP contribution in [-0.2, 0) is 9.53 Å². The van der Waals surface area contributed by atoms with E-state index in [2.05, 4.69) is 12.2 Å². The van der Waals surface area contributed by atoms with Crippen LogP contribution in [0.4, 0.5) is 0 Å². The van der Waals surface area contributed by atoms with Crippen LogP contribution < -0.4 is 0 Å². The van der Waals surface area contributed by atoms with Crippen molar-refractivity contribution >= 4 is 5.97 Å². The van der Waals surface area contributed by atoms with Gasteiger partial charge in [-0.2, -0.15) is 0 Å². The zero-order chi connectivity index (χ0) is 13.2. The Morgan fingerprint density at radius 1 is 1.17 bits per heavy atom. The van der Waals surface area contributed by atoms with Gasteiger partial charge in [-0.25, -0.2) is 4.79 Å². The van der Waals surface area contributed by atoms with Crippen molar-refractivity contribution in [1.82, 2.24) is 0 Å². The van der Waals surface area contributed by atoms with E-state index in [-0.39, 0.29) is 5.97 Å². The molecular weight excluding hydrogens is 224 g/mol. The summed E-state index contributed by atoms with van der Waals surface area (Å²) in [5.74, 6) is 0.329. The number of esters is 1. The molecule has 0 aromatic heterocycles. The minimum Gasteiger partial charge on any atom is -0.424 e. The van der Waals surface area contributed by atoms with Gasteiger partial charge in [0.2, 0.25) is 0 Å². The Morgan fingerprint density at radius 2 is 2.00 bits per heavy atom. The van der Waals surface area contributed by atoms with Crippen molar-refractivity contribution < 1.29 is 9.53 Å². The largest absolute Gasteiger partial charge is 0.424 e. The highest BCUT2D eigenvalue weighted by Gasteiger charge is 2.03. The molecule has 0 N–H and O–H groups in total. The van der Waals surface area contributed by atoms with Crippen molar-refractivity contribution in [3.8, 4) is 0 Å². The van der Waals surface area contributed by atoms with Gasteiger partial charge < -0.3 is 4.74 Å². The molecule has 0 saturated carbocycles. The topological polar surface area (TPSA) is 26.3 Å². The quantitative estimate of drug-likeness (QED) is 0.548. The Morgan fingerprint density at radius 3 is 2.61 bits per heavy atom. The van der Waals surface area contributed by atoms with Crippen LogP contribution >= 0.6 is 0 Å². The van der Waals surface area contributed by atoms with Crippen LogP contribution in [-0.4, -0.2) is 5.97 Å². The molecule has 0 fully saturated rings. The molecule has 0 heterocycles. The lowest BCUT2D eigenvalue weighted by molar-refractivity contribution is -0.133. The predicted octanol–water partition coefficient (Wildman–Crippen LogP) is 4.23. The highest BCUT2D eigenvalue weighted by Crippen LogP contribution is 2.12. The number of hydrogen-bond acceptors (Lipinski definition) is 2. The Balaban J connectivity index is 0.000000771. The SMILES string of the molecule is CC.O=C(/C=C/C1=CCC=C1)OC1=CCCC=C1. The molecule has 0 aliphatic heterocycles. The lowest BCUT2D eigenvalue weighted by atomic mass is 10.2. The summed E-state index contributed by atoms with van der Waals surface area (Å²) in [6.45, 7) is 4.00. The smallest absolute Gasteiger partial charge is 0.336 e. The molecule has 0 bridgehead atoms. The third-order valence-electron chi connectivity index (χ3n) is 2.39. The monoisotopic (exact) mass is 244 g/mol. The number of hydrogen-bond donors (Lipinski definition) is 0. The maximum Gasteiger partial charge on any atom is 0.336 e. The first-order valence-corrected chi connectivity index (χ1v) is 6.48. The Bertz CT molecular complexity index is 420. The van der Waals surface area contributed by atoms with E-state index < -0.39 is 0 Å². The standard InChI is InChI=1S/C14H14O2.C2H6/c15-14(11-10-12-6-4-5-7-12)16-13-8-2-1-3-9-13;1-2/h2,4,6-11H,1,3,5H2;1-2H3/b11-10+;.